The summed E-state index contributed by atoms with van der Waals surface area (Å²) < 4.78 is 12.9. The number of imidazole rings is 1. The molecule has 9 aromatic rings. The molecule has 0 spiro atoms. The minimum absolute atomic E-state index is 0.0138. The summed E-state index contributed by atoms with van der Waals surface area (Å²) >= 11 is 2.55. The second-order valence-electron chi connectivity index (χ2n) is 22.9. The fourth-order valence-corrected chi connectivity index (χ4v) is 11.7. The van der Waals surface area contributed by atoms with Crippen molar-refractivity contribution in [1.82, 2.24) is 14.1 Å². The van der Waals surface area contributed by atoms with Crippen molar-refractivity contribution in [3.63, 3.8) is 0 Å². The molecule has 7 aromatic carbocycles. The van der Waals surface area contributed by atoms with Crippen LogP contribution in [0.2, 0.25) is 0 Å². The first-order chi connectivity index (χ1) is 34.3. The molecule has 368 valence electrons. The van der Waals surface area contributed by atoms with E-state index in [1.54, 1.807) is 0 Å². The van der Waals surface area contributed by atoms with Gasteiger partial charge in [-0.1, -0.05) is 80.5 Å². The molecule has 10 rings (SSSR count). The Kier molecular flexibility index (Phi) is 12.8. The monoisotopic (exact) mass is 1130 g/mol. The number of hydrogen-bond donors (Lipinski definition) is 0. The first kappa shape index (κ1) is 49.0. The van der Waals surface area contributed by atoms with Crippen LogP contribution in [0, 0.1) is 24.6 Å². The molecule has 2 aromatic heterocycles. The van der Waals surface area contributed by atoms with E-state index in [2.05, 4.69) is 274 Å². The first-order valence-corrected chi connectivity index (χ1v) is 26.7. The van der Waals surface area contributed by atoms with E-state index in [4.69, 9.17) is 9.72 Å². The normalized spacial score (nSPS) is 14.2. The number of benzene rings is 7. The maximum absolute atomic E-state index is 7.01. The van der Waals surface area contributed by atoms with Crippen LogP contribution in [0.4, 0.5) is 11.5 Å². The standard InChI is InChI=1S/C66H68N4O.Pt/c1-43-44(2)61(46-22-15-13-16-23-46)63(62(45(43)3)47-24-17-14-18-25-47)70-42-69(57-28-19-20-29-58(57)70)52-26-21-27-53(40-52)71-54-30-31-56-55(48-36-50(65(7,8)9)38-51(37-48)66(10,11)12)33-35-68(59(56)41-54)60-39-49(32-34-67-60)64(4,5)6;/h13-32,34,36-41,55H,33,35H2,1-12H3;. The summed E-state index contributed by atoms with van der Waals surface area (Å²) in [5.41, 5.74) is 21.0. The van der Waals surface area contributed by atoms with E-state index in [0.29, 0.717) is 0 Å². The Labute approximate surface area is 438 Å². The number of fused-ring (bicyclic) bond motifs is 2. The van der Waals surface area contributed by atoms with Crippen LogP contribution in [0.25, 0.3) is 44.7 Å². The van der Waals surface area contributed by atoms with E-state index in [-0.39, 0.29) is 22.2 Å². The van der Waals surface area contributed by atoms with Crippen LogP contribution in [0.15, 0.2) is 164 Å². The Morgan fingerprint density at radius 1 is 0.528 bits per heavy atom. The maximum atomic E-state index is 7.01. The van der Waals surface area contributed by atoms with Gasteiger partial charge in [0.2, 0.25) is 0 Å². The minimum atomic E-state index is -0.0138. The molecule has 3 heterocycles. The molecule has 0 saturated heterocycles. The number of rotatable bonds is 8. The van der Waals surface area contributed by atoms with Gasteiger partial charge in [0.15, 0.2) is 0 Å². The van der Waals surface area contributed by atoms with Gasteiger partial charge in [0, 0.05) is 6.20 Å². The average molecular weight is 1130 g/mol. The van der Waals surface area contributed by atoms with E-state index < -0.39 is 0 Å². The van der Waals surface area contributed by atoms with Gasteiger partial charge in [-0.2, -0.15) is 0 Å². The van der Waals surface area contributed by atoms with Crippen molar-refractivity contribution in [1.29, 1.82) is 0 Å². The average Bonchev–Trinajstić information content (AvgIpc) is 3.65. The summed E-state index contributed by atoms with van der Waals surface area (Å²) in [7, 11) is 0. The van der Waals surface area contributed by atoms with Crippen molar-refractivity contribution in [2.45, 2.75) is 112 Å². The van der Waals surface area contributed by atoms with Crippen molar-refractivity contribution in [3.8, 4) is 45.1 Å². The van der Waals surface area contributed by atoms with E-state index in [1.165, 1.54) is 72.4 Å². The number of anilines is 2. The summed E-state index contributed by atoms with van der Waals surface area (Å²) in [4.78, 5) is 7.43. The molecule has 72 heavy (non-hydrogen) atoms. The molecule has 6 heteroatoms. The number of ether oxygens (including phenoxy) is 1. The van der Waals surface area contributed by atoms with E-state index in [0.717, 1.165) is 56.5 Å². The third-order valence-electron chi connectivity index (χ3n) is 15.0. The molecule has 0 radical (unpaired) electrons. The second kappa shape index (κ2) is 18.8. The molecule has 1 aliphatic heterocycles. The van der Waals surface area contributed by atoms with Crippen LogP contribution in [0.1, 0.15) is 119 Å². The molecule has 0 bridgehead atoms. The Bertz CT molecular complexity index is 3460. The molecule has 0 fully saturated rings. The molecular formula is C66H68N4OPt. The number of hydrogen-bond acceptors (Lipinski definition) is 3. The second-order valence-corrected chi connectivity index (χ2v) is 23.9. The van der Waals surface area contributed by atoms with Gasteiger partial charge in [-0.3, -0.25) is 0 Å². The Hall–Kier alpha value is -6.55. The Morgan fingerprint density at radius 2 is 1.08 bits per heavy atom. The van der Waals surface area contributed by atoms with Crippen LogP contribution in [0.3, 0.4) is 0 Å². The quantitative estimate of drug-likeness (QED) is 0.152. The molecule has 0 saturated carbocycles. The third-order valence-corrected chi connectivity index (χ3v) is 16.0. The molecule has 1 aliphatic rings. The summed E-state index contributed by atoms with van der Waals surface area (Å²) in [6.45, 7) is 28.4. The zero-order valence-electron chi connectivity index (χ0n) is 44.1. The van der Waals surface area contributed by atoms with Gasteiger partial charge in [-0.15, -0.1) is 0 Å². The van der Waals surface area contributed by atoms with Crippen LogP contribution < -0.4 is 9.64 Å². The molecular weight excluding hydrogens is 1060 g/mol. The zero-order chi connectivity index (χ0) is 50.9. The summed E-state index contributed by atoms with van der Waals surface area (Å²) in [5.74, 6) is 2.73. The number of nitrogens with zero attached hydrogens (tertiary/aromatic N) is 4. The van der Waals surface area contributed by atoms with Crippen molar-refractivity contribution in [2.24, 2.45) is 0 Å². The van der Waals surface area contributed by atoms with Crippen LogP contribution in [-0.2, 0) is 35.6 Å². The number of pyridine rings is 1. The number of aromatic nitrogens is 3. The molecule has 5 nitrogen and oxygen atoms in total. The number of para-hydroxylation sites is 2. The SMILES string of the molecule is Cc1c(C)c(-c2ccccc2)c(-n2[c](=[Pt])n(-c3cccc(Oc4ccc5c(c4)N(c4cc(C(C)(C)C)ccn4)CCC5c4cc(C(C)(C)C)cc(C(C)(C)C)c4)c3)c3ccccc32)c(-c2ccccc2)c1C. The van der Waals surface area contributed by atoms with Crippen molar-refractivity contribution < 1.29 is 24.1 Å². The van der Waals surface area contributed by atoms with Gasteiger partial charge >= 0.3 is 316 Å². The summed E-state index contributed by atoms with van der Waals surface area (Å²) in [6, 6.07) is 57.6. The van der Waals surface area contributed by atoms with Gasteiger partial charge in [-0.25, -0.2) is 0 Å². The van der Waals surface area contributed by atoms with Gasteiger partial charge < -0.3 is 0 Å². The molecule has 0 amide bonds. The van der Waals surface area contributed by atoms with Gasteiger partial charge in [0.05, 0.1) is 0 Å². The summed E-state index contributed by atoms with van der Waals surface area (Å²) in [5, 5.41) is 0. The van der Waals surface area contributed by atoms with Crippen molar-refractivity contribution in [3.05, 3.63) is 212 Å². The van der Waals surface area contributed by atoms with Crippen LogP contribution in [-0.4, -0.2) is 20.7 Å². The Balaban J connectivity index is 1.11. The predicted molar refractivity (Wildman–Crippen MR) is 298 cm³/mol. The van der Waals surface area contributed by atoms with Crippen molar-refractivity contribution in [2.75, 3.05) is 11.4 Å². The van der Waals surface area contributed by atoms with Crippen LogP contribution in [0.5, 0.6) is 11.5 Å². The van der Waals surface area contributed by atoms with Crippen molar-refractivity contribution >= 4 is 22.5 Å². The fourth-order valence-electron chi connectivity index (χ4n) is 10.7. The predicted octanol–water partition coefficient (Wildman–Crippen LogP) is 17.5. The topological polar surface area (TPSA) is 35.2 Å². The van der Waals surface area contributed by atoms with E-state index in [1.807, 2.05) is 6.20 Å². The van der Waals surface area contributed by atoms with E-state index in [9.17, 15) is 0 Å². The molecule has 0 aliphatic carbocycles. The molecule has 1 unspecified atom stereocenters. The van der Waals surface area contributed by atoms with Gasteiger partial charge in [0.25, 0.3) is 0 Å². The molecule has 0 N–H and O–H groups in total. The summed E-state index contributed by atoms with van der Waals surface area (Å²) in [6.07, 6.45) is 2.94. The Morgan fingerprint density at radius 3 is 1.67 bits per heavy atom. The third kappa shape index (κ3) is 9.15. The van der Waals surface area contributed by atoms with Gasteiger partial charge in [-0.05, 0) is 39.0 Å². The molecule has 1 atom stereocenters. The van der Waals surface area contributed by atoms with Gasteiger partial charge in [0.1, 0.15) is 0 Å². The van der Waals surface area contributed by atoms with Crippen LogP contribution >= 0.6 is 0 Å². The zero-order valence-corrected chi connectivity index (χ0v) is 46.4. The van der Waals surface area contributed by atoms with E-state index >= 15 is 0 Å². The first-order valence-electron chi connectivity index (χ1n) is 25.5. The fraction of sp³-hybridized carbons (Fsp3) is 0.273.